The van der Waals surface area contributed by atoms with E-state index in [9.17, 15) is 13.2 Å². The molecule has 1 atom stereocenters. The van der Waals surface area contributed by atoms with Crippen molar-refractivity contribution >= 4 is 27.3 Å². The summed E-state index contributed by atoms with van der Waals surface area (Å²) in [5.41, 5.74) is 0.398. The predicted octanol–water partition coefficient (Wildman–Crippen LogP) is 3.58. The highest BCUT2D eigenvalue weighted by atomic mass is 32.2. The summed E-state index contributed by atoms with van der Waals surface area (Å²) in [6, 6.07) is 10.3. The third-order valence-corrected chi connectivity index (χ3v) is 7.62. The second-order valence-electron chi connectivity index (χ2n) is 6.73. The Morgan fingerprint density at radius 3 is 2.77 bits per heavy atom. The first-order valence-corrected chi connectivity index (χ1v) is 11.1. The molecule has 0 N–H and O–H groups in total. The van der Waals surface area contributed by atoms with Gasteiger partial charge in [-0.1, -0.05) is 18.6 Å². The number of hydrogen-bond donors (Lipinski definition) is 0. The summed E-state index contributed by atoms with van der Waals surface area (Å²) in [4.78, 5) is 15.6. The van der Waals surface area contributed by atoms with Crippen molar-refractivity contribution in [3.63, 3.8) is 0 Å². The fourth-order valence-electron chi connectivity index (χ4n) is 3.28. The van der Waals surface area contributed by atoms with Gasteiger partial charge in [-0.3, -0.25) is 4.79 Å². The number of rotatable bonds is 5. The highest BCUT2D eigenvalue weighted by Crippen LogP contribution is 2.26. The molecule has 1 aromatic heterocycles. The van der Waals surface area contributed by atoms with E-state index in [1.165, 1.54) is 6.07 Å². The van der Waals surface area contributed by atoms with Gasteiger partial charge in [-0.25, -0.2) is 8.42 Å². The van der Waals surface area contributed by atoms with Crippen molar-refractivity contribution in [1.82, 2.24) is 9.21 Å². The molecule has 7 heteroatoms. The minimum Gasteiger partial charge on any atom is -0.337 e. The van der Waals surface area contributed by atoms with Crippen LogP contribution in [0.15, 0.2) is 46.7 Å². The van der Waals surface area contributed by atoms with E-state index in [-0.39, 0.29) is 16.8 Å². The number of nitrogens with zero attached hydrogens (tertiary/aromatic N) is 2. The van der Waals surface area contributed by atoms with E-state index < -0.39 is 10.0 Å². The number of carbonyl (C=O) groups is 1. The van der Waals surface area contributed by atoms with Crippen LogP contribution in [0.3, 0.4) is 0 Å². The van der Waals surface area contributed by atoms with Gasteiger partial charge < -0.3 is 4.90 Å². The standard InChI is InChI=1S/C19H24N2O3S2/c1-15-7-3-4-11-21(15)26(23,24)18-10-5-8-16(13-18)19(22)20(2)14-17-9-6-12-25-17/h5-6,8-10,12-13,15H,3-4,7,11,14H2,1-2H3. The van der Waals surface area contributed by atoms with Crippen LogP contribution in [0, 0.1) is 0 Å². The van der Waals surface area contributed by atoms with Gasteiger partial charge in [0.05, 0.1) is 11.4 Å². The number of sulfonamides is 1. The zero-order chi connectivity index (χ0) is 18.7. The van der Waals surface area contributed by atoms with E-state index in [1.807, 2.05) is 24.4 Å². The van der Waals surface area contributed by atoms with E-state index in [0.717, 1.165) is 24.1 Å². The van der Waals surface area contributed by atoms with E-state index in [0.29, 0.717) is 18.7 Å². The van der Waals surface area contributed by atoms with Gasteiger partial charge in [0.15, 0.2) is 0 Å². The average Bonchev–Trinajstić information content (AvgIpc) is 3.14. The maximum absolute atomic E-state index is 13.0. The SMILES string of the molecule is CC1CCCCN1S(=O)(=O)c1cccc(C(=O)N(C)Cc2cccs2)c1. The van der Waals surface area contributed by atoms with Gasteiger partial charge in [-0.15, -0.1) is 11.3 Å². The van der Waals surface area contributed by atoms with Crippen LogP contribution in [0.5, 0.6) is 0 Å². The third-order valence-electron chi connectivity index (χ3n) is 4.75. The molecule has 5 nitrogen and oxygen atoms in total. The Balaban J connectivity index is 1.82. The fourth-order valence-corrected chi connectivity index (χ4v) is 5.79. The van der Waals surface area contributed by atoms with Crippen LogP contribution in [-0.2, 0) is 16.6 Å². The maximum Gasteiger partial charge on any atom is 0.253 e. The Hall–Kier alpha value is -1.70. The highest BCUT2D eigenvalue weighted by molar-refractivity contribution is 7.89. The van der Waals surface area contributed by atoms with Gasteiger partial charge >= 0.3 is 0 Å². The number of carbonyl (C=O) groups excluding carboxylic acids is 1. The van der Waals surface area contributed by atoms with Crippen LogP contribution in [0.4, 0.5) is 0 Å². The monoisotopic (exact) mass is 392 g/mol. The molecule has 1 aliphatic heterocycles. The van der Waals surface area contributed by atoms with Crippen LogP contribution in [0.1, 0.15) is 41.4 Å². The number of piperidine rings is 1. The summed E-state index contributed by atoms with van der Waals surface area (Å²) >= 11 is 1.59. The molecule has 0 saturated carbocycles. The molecule has 140 valence electrons. The molecule has 3 rings (SSSR count). The first-order chi connectivity index (χ1) is 12.4. The van der Waals surface area contributed by atoms with E-state index in [1.54, 1.807) is 45.8 Å². The summed E-state index contributed by atoms with van der Waals surface area (Å²) < 4.78 is 27.6. The zero-order valence-corrected chi connectivity index (χ0v) is 16.7. The van der Waals surface area contributed by atoms with Crippen molar-refractivity contribution in [2.24, 2.45) is 0 Å². The largest absolute Gasteiger partial charge is 0.337 e. The van der Waals surface area contributed by atoms with E-state index in [4.69, 9.17) is 0 Å². The normalized spacial score (nSPS) is 18.6. The molecule has 0 aliphatic carbocycles. The van der Waals surface area contributed by atoms with Crippen molar-refractivity contribution in [2.45, 2.75) is 43.7 Å². The summed E-state index contributed by atoms with van der Waals surface area (Å²) in [5.74, 6) is -0.179. The summed E-state index contributed by atoms with van der Waals surface area (Å²) in [6.45, 7) is 3.00. The van der Waals surface area contributed by atoms with E-state index >= 15 is 0 Å². The Morgan fingerprint density at radius 1 is 1.27 bits per heavy atom. The van der Waals surface area contributed by atoms with Crippen LogP contribution in [-0.4, -0.2) is 43.2 Å². The Kier molecular flexibility index (Phi) is 5.79. The number of hydrogen-bond acceptors (Lipinski definition) is 4. The lowest BCUT2D eigenvalue weighted by molar-refractivity contribution is 0.0786. The number of amides is 1. The van der Waals surface area contributed by atoms with Crippen LogP contribution in [0.25, 0.3) is 0 Å². The Morgan fingerprint density at radius 2 is 2.08 bits per heavy atom. The second-order valence-corrected chi connectivity index (χ2v) is 9.65. The van der Waals surface area contributed by atoms with Crippen LogP contribution >= 0.6 is 11.3 Å². The minimum absolute atomic E-state index is 0.00499. The van der Waals surface area contributed by atoms with Crippen molar-refractivity contribution in [3.05, 3.63) is 52.2 Å². The smallest absolute Gasteiger partial charge is 0.253 e. The molecule has 1 aromatic carbocycles. The molecule has 1 aliphatic rings. The second kappa shape index (κ2) is 7.90. The average molecular weight is 393 g/mol. The predicted molar refractivity (Wildman–Crippen MR) is 104 cm³/mol. The van der Waals surface area contributed by atoms with Crippen LogP contribution in [0.2, 0.25) is 0 Å². The minimum atomic E-state index is -3.58. The lowest BCUT2D eigenvalue weighted by Gasteiger charge is -2.32. The molecule has 1 unspecified atom stereocenters. The summed E-state index contributed by atoms with van der Waals surface area (Å²) in [6.07, 6.45) is 2.81. The van der Waals surface area contributed by atoms with Crippen molar-refractivity contribution in [2.75, 3.05) is 13.6 Å². The summed E-state index contributed by atoms with van der Waals surface area (Å²) in [5, 5.41) is 1.97. The zero-order valence-electron chi connectivity index (χ0n) is 15.1. The molecule has 1 fully saturated rings. The molecule has 1 saturated heterocycles. The van der Waals surface area contributed by atoms with Gasteiger partial charge in [0.1, 0.15) is 0 Å². The Labute approximate surface area is 159 Å². The Bertz CT molecular complexity index is 863. The van der Waals surface area contributed by atoms with Gasteiger partial charge in [-0.2, -0.15) is 4.31 Å². The van der Waals surface area contributed by atoms with Gasteiger partial charge in [0.25, 0.3) is 5.91 Å². The molecule has 0 bridgehead atoms. The van der Waals surface area contributed by atoms with Gasteiger partial charge in [-0.05, 0) is 49.4 Å². The van der Waals surface area contributed by atoms with Crippen LogP contribution < -0.4 is 0 Å². The number of benzene rings is 1. The van der Waals surface area contributed by atoms with Crippen molar-refractivity contribution in [1.29, 1.82) is 0 Å². The molecule has 0 radical (unpaired) electrons. The summed E-state index contributed by atoms with van der Waals surface area (Å²) in [7, 11) is -1.85. The third kappa shape index (κ3) is 4.00. The molecule has 2 aromatic rings. The first-order valence-electron chi connectivity index (χ1n) is 8.79. The fraction of sp³-hybridized carbons (Fsp3) is 0.421. The topological polar surface area (TPSA) is 57.7 Å². The molecular formula is C19H24N2O3S2. The first kappa shape index (κ1) is 19.1. The van der Waals surface area contributed by atoms with Gasteiger partial charge in [0, 0.05) is 30.1 Å². The van der Waals surface area contributed by atoms with Crippen molar-refractivity contribution < 1.29 is 13.2 Å². The molecular weight excluding hydrogens is 368 g/mol. The van der Waals surface area contributed by atoms with Crippen molar-refractivity contribution in [3.8, 4) is 0 Å². The van der Waals surface area contributed by atoms with E-state index in [2.05, 4.69) is 0 Å². The molecule has 26 heavy (non-hydrogen) atoms. The molecule has 2 heterocycles. The van der Waals surface area contributed by atoms with Gasteiger partial charge in [0.2, 0.25) is 10.0 Å². The lowest BCUT2D eigenvalue weighted by atomic mass is 10.1. The molecule has 0 spiro atoms. The quantitative estimate of drug-likeness (QED) is 0.781. The maximum atomic E-state index is 13.0. The lowest BCUT2D eigenvalue weighted by Crippen LogP contribution is -2.42. The highest BCUT2D eigenvalue weighted by Gasteiger charge is 2.31. The number of thiophene rings is 1. The molecule has 1 amide bonds.